The maximum Gasteiger partial charge on any atom is 0.293 e. The molecule has 3 rings (SSSR count). The Morgan fingerprint density at radius 2 is 2.11 bits per heavy atom. The van der Waals surface area contributed by atoms with Crippen LogP contribution in [0.2, 0.25) is 5.02 Å². The SMILES string of the molecule is Cc1c(Cl)cccc1NC(=O)c1ccc(N2CCCC(C)C2)c([N+](=O)[O-])c1. The van der Waals surface area contributed by atoms with Crippen molar-refractivity contribution in [1.82, 2.24) is 0 Å². The predicted octanol–water partition coefficient (Wildman–Crippen LogP) is 5.05. The third-order valence-corrected chi connectivity index (χ3v) is 5.36. The van der Waals surface area contributed by atoms with E-state index in [4.69, 9.17) is 11.6 Å². The van der Waals surface area contributed by atoms with Gasteiger partial charge in [-0.25, -0.2) is 0 Å². The molecule has 0 spiro atoms. The number of piperidine rings is 1. The highest BCUT2D eigenvalue weighted by Crippen LogP contribution is 2.33. The van der Waals surface area contributed by atoms with E-state index < -0.39 is 10.8 Å². The van der Waals surface area contributed by atoms with Gasteiger partial charge in [0.05, 0.1) is 4.92 Å². The van der Waals surface area contributed by atoms with Crippen molar-refractivity contribution in [2.24, 2.45) is 5.92 Å². The number of amides is 1. The monoisotopic (exact) mass is 387 g/mol. The van der Waals surface area contributed by atoms with Crippen LogP contribution in [0.1, 0.15) is 35.7 Å². The lowest BCUT2D eigenvalue weighted by molar-refractivity contribution is -0.384. The molecule has 1 amide bonds. The fourth-order valence-corrected chi connectivity index (χ4v) is 3.60. The normalized spacial score (nSPS) is 16.9. The average molecular weight is 388 g/mol. The maximum atomic E-state index is 12.6. The Labute approximate surface area is 163 Å². The van der Waals surface area contributed by atoms with E-state index in [1.54, 1.807) is 37.3 Å². The second-order valence-corrected chi connectivity index (χ2v) is 7.43. The highest BCUT2D eigenvalue weighted by atomic mass is 35.5. The van der Waals surface area contributed by atoms with Gasteiger partial charge >= 0.3 is 0 Å². The number of nitrogens with one attached hydrogen (secondary N) is 1. The molecule has 1 heterocycles. The molecule has 7 heteroatoms. The standard InChI is InChI=1S/C20H22ClN3O3/c1-13-5-4-10-23(12-13)18-9-8-15(11-19(18)24(26)27)20(25)22-17-7-3-6-16(21)14(17)2/h3,6-9,11,13H,4-5,10,12H2,1-2H3,(H,22,25). The summed E-state index contributed by atoms with van der Waals surface area (Å²) in [7, 11) is 0. The van der Waals surface area contributed by atoms with Gasteiger partial charge in [0.15, 0.2) is 0 Å². The van der Waals surface area contributed by atoms with Crippen molar-refractivity contribution in [3.05, 3.63) is 62.7 Å². The van der Waals surface area contributed by atoms with E-state index in [1.807, 2.05) is 4.90 Å². The summed E-state index contributed by atoms with van der Waals surface area (Å²) in [5.74, 6) is 0.0918. The Balaban J connectivity index is 1.88. The molecule has 1 fully saturated rings. The molecule has 0 bridgehead atoms. The van der Waals surface area contributed by atoms with E-state index in [0.29, 0.717) is 22.3 Å². The minimum absolute atomic E-state index is 0.0421. The van der Waals surface area contributed by atoms with Crippen LogP contribution in [0, 0.1) is 23.0 Å². The number of hydrogen-bond acceptors (Lipinski definition) is 4. The van der Waals surface area contributed by atoms with Gasteiger partial charge in [-0.2, -0.15) is 0 Å². The second kappa shape index (κ2) is 7.96. The second-order valence-electron chi connectivity index (χ2n) is 7.02. The van der Waals surface area contributed by atoms with Crippen molar-refractivity contribution >= 4 is 34.6 Å². The fourth-order valence-electron chi connectivity index (χ4n) is 3.42. The lowest BCUT2D eigenvalue weighted by atomic mass is 9.99. The van der Waals surface area contributed by atoms with Gasteiger partial charge in [-0.15, -0.1) is 0 Å². The summed E-state index contributed by atoms with van der Waals surface area (Å²) in [6.07, 6.45) is 2.14. The van der Waals surface area contributed by atoms with E-state index in [-0.39, 0.29) is 11.3 Å². The van der Waals surface area contributed by atoms with E-state index in [9.17, 15) is 14.9 Å². The van der Waals surface area contributed by atoms with Crippen molar-refractivity contribution in [3.63, 3.8) is 0 Å². The lowest BCUT2D eigenvalue weighted by Crippen LogP contribution is -2.34. The molecule has 27 heavy (non-hydrogen) atoms. The Bertz CT molecular complexity index is 885. The fraction of sp³-hybridized carbons (Fsp3) is 0.350. The number of rotatable bonds is 4. The van der Waals surface area contributed by atoms with Gasteiger partial charge in [-0.3, -0.25) is 14.9 Å². The smallest absolute Gasteiger partial charge is 0.293 e. The molecule has 1 saturated heterocycles. The van der Waals surface area contributed by atoms with Crippen LogP contribution < -0.4 is 10.2 Å². The minimum Gasteiger partial charge on any atom is -0.366 e. The number of nitro benzene ring substituents is 1. The molecule has 1 aliphatic heterocycles. The van der Waals surface area contributed by atoms with Crippen LogP contribution in [0.4, 0.5) is 17.1 Å². The first-order valence-corrected chi connectivity index (χ1v) is 9.34. The molecule has 0 radical (unpaired) electrons. The van der Waals surface area contributed by atoms with Crippen LogP contribution in [0.25, 0.3) is 0 Å². The van der Waals surface area contributed by atoms with Crippen LogP contribution in [-0.4, -0.2) is 23.9 Å². The molecule has 0 aliphatic carbocycles. The van der Waals surface area contributed by atoms with Gasteiger partial charge in [0.1, 0.15) is 5.69 Å². The van der Waals surface area contributed by atoms with Crippen LogP contribution in [0.5, 0.6) is 0 Å². The van der Waals surface area contributed by atoms with E-state index in [2.05, 4.69) is 12.2 Å². The summed E-state index contributed by atoms with van der Waals surface area (Å²) >= 11 is 6.08. The van der Waals surface area contributed by atoms with Crippen molar-refractivity contribution in [2.75, 3.05) is 23.3 Å². The Morgan fingerprint density at radius 3 is 2.81 bits per heavy atom. The third kappa shape index (κ3) is 4.22. The van der Waals surface area contributed by atoms with Crippen molar-refractivity contribution in [3.8, 4) is 0 Å². The summed E-state index contributed by atoms with van der Waals surface area (Å²) in [5.41, 5.74) is 2.11. The number of carbonyl (C=O) groups is 1. The molecule has 1 N–H and O–H groups in total. The highest BCUT2D eigenvalue weighted by Gasteiger charge is 2.25. The average Bonchev–Trinajstić information content (AvgIpc) is 2.65. The topological polar surface area (TPSA) is 75.5 Å². The molecule has 0 saturated carbocycles. The maximum absolute atomic E-state index is 12.6. The number of halogens is 1. The molecular formula is C20H22ClN3O3. The number of anilines is 2. The summed E-state index contributed by atoms with van der Waals surface area (Å²) in [6, 6.07) is 9.90. The zero-order valence-corrected chi connectivity index (χ0v) is 16.1. The highest BCUT2D eigenvalue weighted by molar-refractivity contribution is 6.31. The summed E-state index contributed by atoms with van der Waals surface area (Å²) < 4.78 is 0. The molecule has 2 aromatic carbocycles. The van der Waals surface area contributed by atoms with Gasteiger partial charge in [0, 0.05) is 35.4 Å². The van der Waals surface area contributed by atoms with Gasteiger partial charge in [0.2, 0.25) is 0 Å². The van der Waals surface area contributed by atoms with Crippen molar-refractivity contribution in [2.45, 2.75) is 26.7 Å². The molecule has 2 aromatic rings. The summed E-state index contributed by atoms with van der Waals surface area (Å²) in [6.45, 7) is 5.53. The zero-order valence-electron chi connectivity index (χ0n) is 15.4. The number of nitro groups is 1. The Hall–Kier alpha value is -2.60. The van der Waals surface area contributed by atoms with E-state index in [1.165, 1.54) is 6.07 Å². The zero-order chi connectivity index (χ0) is 19.6. The summed E-state index contributed by atoms with van der Waals surface area (Å²) in [4.78, 5) is 25.8. The number of benzene rings is 2. The molecule has 142 valence electrons. The van der Waals surface area contributed by atoms with Crippen molar-refractivity contribution in [1.29, 1.82) is 0 Å². The largest absolute Gasteiger partial charge is 0.366 e. The van der Waals surface area contributed by atoms with Gasteiger partial charge < -0.3 is 10.2 Å². The molecule has 0 aromatic heterocycles. The van der Waals surface area contributed by atoms with Crippen LogP contribution in [-0.2, 0) is 0 Å². The molecule has 1 atom stereocenters. The van der Waals surface area contributed by atoms with Crippen LogP contribution in [0.3, 0.4) is 0 Å². The summed E-state index contributed by atoms with van der Waals surface area (Å²) in [5, 5.41) is 14.9. The van der Waals surface area contributed by atoms with Gasteiger partial charge in [-0.05, 0) is 55.5 Å². The Kier molecular flexibility index (Phi) is 5.65. The predicted molar refractivity (Wildman–Crippen MR) is 108 cm³/mol. The first kappa shape index (κ1) is 19.2. The molecular weight excluding hydrogens is 366 g/mol. The number of nitrogens with zero attached hydrogens (tertiary/aromatic N) is 2. The minimum atomic E-state index is -0.421. The van der Waals surface area contributed by atoms with Crippen molar-refractivity contribution < 1.29 is 9.72 Å². The quantitative estimate of drug-likeness (QED) is 0.588. The molecule has 1 aliphatic rings. The molecule has 1 unspecified atom stereocenters. The van der Waals surface area contributed by atoms with Crippen LogP contribution in [0.15, 0.2) is 36.4 Å². The number of hydrogen-bond donors (Lipinski definition) is 1. The first-order valence-electron chi connectivity index (χ1n) is 8.96. The van der Waals surface area contributed by atoms with Crippen LogP contribution >= 0.6 is 11.6 Å². The third-order valence-electron chi connectivity index (χ3n) is 4.95. The van der Waals surface area contributed by atoms with Gasteiger partial charge in [-0.1, -0.05) is 24.6 Å². The lowest BCUT2D eigenvalue weighted by Gasteiger charge is -2.32. The number of carbonyl (C=O) groups excluding carboxylic acids is 1. The molecule has 6 nitrogen and oxygen atoms in total. The Morgan fingerprint density at radius 1 is 1.33 bits per heavy atom. The first-order chi connectivity index (χ1) is 12.9. The van der Waals surface area contributed by atoms with E-state index >= 15 is 0 Å². The van der Waals surface area contributed by atoms with Gasteiger partial charge in [0.25, 0.3) is 11.6 Å². The van der Waals surface area contributed by atoms with E-state index in [0.717, 1.165) is 31.5 Å².